The van der Waals surface area contributed by atoms with E-state index in [1.165, 1.54) is 41.2 Å². The lowest BCUT2D eigenvalue weighted by atomic mass is 9.93. The molecule has 1 aliphatic rings. The zero-order valence-corrected chi connectivity index (χ0v) is 22.1. The van der Waals surface area contributed by atoms with Gasteiger partial charge in [-0.25, -0.2) is 13.8 Å². The molecule has 3 heterocycles. The number of amides is 2. The first kappa shape index (κ1) is 27.8. The Morgan fingerprint density at radius 2 is 1.84 bits per heavy atom. The molecular formula is C29H14ClF5N6O2. The molecule has 0 fully saturated rings. The number of alkyl halides is 3. The summed E-state index contributed by atoms with van der Waals surface area (Å²) in [6.07, 6.45) is -0.732. The number of nitrogens with one attached hydrogen (secondary N) is 2. The van der Waals surface area contributed by atoms with Crippen molar-refractivity contribution in [3.63, 3.8) is 0 Å². The molecule has 2 N–H and O–H groups in total. The molecule has 5 aromatic rings. The van der Waals surface area contributed by atoms with E-state index in [4.69, 9.17) is 11.6 Å². The maximum absolute atomic E-state index is 14.2. The van der Waals surface area contributed by atoms with E-state index < -0.39 is 46.8 Å². The highest BCUT2D eigenvalue weighted by atomic mass is 35.5. The third-order valence-electron chi connectivity index (χ3n) is 6.80. The van der Waals surface area contributed by atoms with Gasteiger partial charge in [0.2, 0.25) is 0 Å². The fraction of sp³-hybridized carbons (Fsp3) is 0.0690. The van der Waals surface area contributed by atoms with Crippen molar-refractivity contribution in [1.82, 2.24) is 19.7 Å². The van der Waals surface area contributed by atoms with E-state index in [9.17, 15) is 36.8 Å². The second kappa shape index (κ2) is 10.2. The molecule has 0 saturated heterocycles. The van der Waals surface area contributed by atoms with Gasteiger partial charge in [0.15, 0.2) is 5.65 Å². The van der Waals surface area contributed by atoms with Gasteiger partial charge in [0.25, 0.3) is 11.8 Å². The lowest BCUT2D eigenvalue weighted by molar-refractivity contribution is -0.137. The average Bonchev–Trinajstić information content (AvgIpc) is 3.53. The van der Waals surface area contributed by atoms with E-state index in [1.54, 1.807) is 0 Å². The Morgan fingerprint density at radius 3 is 2.58 bits per heavy atom. The van der Waals surface area contributed by atoms with Crippen LogP contribution in [0.2, 0.25) is 5.02 Å². The van der Waals surface area contributed by atoms with Crippen LogP contribution < -0.4 is 10.6 Å². The first-order valence-corrected chi connectivity index (χ1v) is 12.7. The van der Waals surface area contributed by atoms with Gasteiger partial charge in [-0.2, -0.15) is 18.4 Å². The van der Waals surface area contributed by atoms with Crippen LogP contribution >= 0.6 is 11.6 Å². The van der Waals surface area contributed by atoms with Crippen molar-refractivity contribution in [1.29, 1.82) is 5.26 Å². The molecule has 2 aromatic heterocycles. The first-order chi connectivity index (χ1) is 20.4. The summed E-state index contributed by atoms with van der Waals surface area (Å²) in [6, 6.07) is 8.65. The molecule has 2 amide bonds. The molecule has 14 heteroatoms. The number of hydrogen-bond donors (Lipinski definition) is 2. The van der Waals surface area contributed by atoms with Crippen LogP contribution in [0, 0.1) is 23.0 Å². The van der Waals surface area contributed by atoms with Crippen LogP contribution in [0.5, 0.6) is 0 Å². The van der Waals surface area contributed by atoms with E-state index >= 15 is 0 Å². The number of carbonyl (C=O) groups is 2. The van der Waals surface area contributed by atoms with E-state index in [0.717, 1.165) is 12.1 Å². The predicted octanol–water partition coefficient (Wildman–Crippen LogP) is 6.30. The summed E-state index contributed by atoms with van der Waals surface area (Å²) in [7, 11) is 0. The Bertz CT molecular complexity index is 2030. The summed E-state index contributed by atoms with van der Waals surface area (Å²) in [6.45, 7) is 0. The molecule has 0 unspecified atom stereocenters. The number of rotatable bonds is 4. The summed E-state index contributed by atoms with van der Waals surface area (Å²) < 4.78 is 69.8. The second-order valence-corrected chi connectivity index (χ2v) is 9.90. The molecule has 1 aliphatic heterocycles. The van der Waals surface area contributed by atoms with Crippen LogP contribution in [-0.2, 0) is 6.18 Å². The molecular weight excluding hydrogens is 595 g/mol. The fourth-order valence-corrected chi connectivity index (χ4v) is 5.08. The van der Waals surface area contributed by atoms with Crippen molar-refractivity contribution in [2.45, 2.75) is 12.2 Å². The third kappa shape index (κ3) is 5.02. The van der Waals surface area contributed by atoms with Gasteiger partial charge in [-0.05, 0) is 48.5 Å². The molecule has 6 rings (SSSR count). The van der Waals surface area contributed by atoms with Crippen molar-refractivity contribution in [3.05, 3.63) is 117 Å². The van der Waals surface area contributed by atoms with Crippen molar-refractivity contribution < 1.29 is 31.5 Å². The van der Waals surface area contributed by atoms with Gasteiger partial charge in [-0.3, -0.25) is 19.0 Å². The van der Waals surface area contributed by atoms with Crippen LogP contribution in [0.3, 0.4) is 0 Å². The van der Waals surface area contributed by atoms with Gasteiger partial charge in [-0.1, -0.05) is 11.6 Å². The number of nitrogens with zero attached hydrogens (tertiary/aromatic N) is 4. The Hall–Kier alpha value is -5.35. The summed E-state index contributed by atoms with van der Waals surface area (Å²) in [5.41, 5.74) is -0.686. The molecule has 8 nitrogen and oxygen atoms in total. The molecule has 0 bridgehead atoms. The molecule has 3 aromatic carbocycles. The Kier molecular flexibility index (Phi) is 6.58. The Labute approximate surface area is 243 Å². The number of halogens is 6. The second-order valence-electron chi connectivity index (χ2n) is 9.49. The van der Waals surface area contributed by atoms with Crippen LogP contribution in [0.1, 0.15) is 49.1 Å². The Morgan fingerprint density at radius 1 is 1.05 bits per heavy atom. The van der Waals surface area contributed by atoms with E-state index in [0.29, 0.717) is 17.8 Å². The number of fused-ring (bicyclic) bond motifs is 2. The quantitative estimate of drug-likeness (QED) is 0.233. The van der Waals surface area contributed by atoms with Gasteiger partial charge in [-0.15, -0.1) is 0 Å². The zero-order chi connectivity index (χ0) is 30.6. The number of carbonyl (C=O) groups excluding carboxylic acids is 2. The van der Waals surface area contributed by atoms with Gasteiger partial charge in [0.1, 0.15) is 23.4 Å². The van der Waals surface area contributed by atoms with Crippen molar-refractivity contribution >= 4 is 34.7 Å². The summed E-state index contributed by atoms with van der Waals surface area (Å²) >= 11 is 6.32. The van der Waals surface area contributed by atoms with Gasteiger partial charge in [0, 0.05) is 44.7 Å². The van der Waals surface area contributed by atoms with Gasteiger partial charge >= 0.3 is 6.18 Å². The highest BCUT2D eigenvalue weighted by Crippen LogP contribution is 2.42. The maximum atomic E-state index is 14.2. The lowest BCUT2D eigenvalue weighted by Crippen LogP contribution is -2.21. The Balaban J connectivity index is 1.52. The number of hydrogen-bond acceptors (Lipinski definition) is 5. The number of anilines is 1. The van der Waals surface area contributed by atoms with Gasteiger partial charge < -0.3 is 10.6 Å². The lowest BCUT2D eigenvalue weighted by Gasteiger charge is -2.19. The van der Waals surface area contributed by atoms with Gasteiger partial charge in [0.05, 0.1) is 29.7 Å². The summed E-state index contributed by atoms with van der Waals surface area (Å²) in [5.74, 6) is -3.68. The molecule has 43 heavy (non-hydrogen) atoms. The average molecular weight is 609 g/mol. The smallest absolute Gasteiger partial charge is 0.341 e. The minimum absolute atomic E-state index is 0.0291. The predicted molar refractivity (Wildman–Crippen MR) is 143 cm³/mol. The van der Waals surface area contributed by atoms with E-state index in [-0.39, 0.29) is 50.4 Å². The van der Waals surface area contributed by atoms with Crippen molar-refractivity contribution in [3.8, 4) is 17.3 Å². The van der Waals surface area contributed by atoms with E-state index in [2.05, 4.69) is 20.6 Å². The standard InChI is InChI=1S/C29H14ClF5N6O2/c30-21-2-1-16(31)8-19(21)26-25-20(28(43)40-26)5-13(23-12-41-18(9-36)10-38-24(41)11-37-23)6-22(25)39-27(42)14-3-15(29(33,34)35)7-17(32)4-14/h1-8,10-12,26H,(H,39,42)(H,40,43)/t26-/m1/s1. The first-order valence-electron chi connectivity index (χ1n) is 12.3. The number of aromatic nitrogens is 3. The maximum Gasteiger partial charge on any atom is 0.416 e. The summed E-state index contributed by atoms with van der Waals surface area (Å²) in [5, 5.41) is 14.7. The molecule has 214 valence electrons. The van der Waals surface area contributed by atoms with Crippen LogP contribution in [0.15, 0.2) is 67.1 Å². The minimum atomic E-state index is -4.92. The largest absolute Gasteiger partial charge is 0.416 e. The molecule has 1 atom stereocenters. The van der Waals surface area contributed by atoms with Crippen LogP contribution in [0.4, 0.5) is 27.6 Å². The topological polar surface area (TPSA) is 112 Å². The van der Waals surface area contributed by atoms with Crippen LogP contribution in [0.25, 0.3) is 16.9 Å². The number of nitriles is 1. The highest BCUT2D eigenvalue weighted by molar-refractivity contribution is 6.31. The highest BCUT2D eigenvalue weighted by Gasteiger charge is 2.36. The molecule has 0 aliphatic carbocycles. The zero-order valence-electron chi connectivity index (χ0n) is 21.3. The number of benzene rings is 3. The molecule has 0 radical (unpaired) electrons. The molecule has 0 spiro atoms. The monoisotopic (exact) mass is 608 g/mol. The minimum Gasteiger partial charge on any atom is -0.341 e. The fourth-order valence-electron chi connectivity index (χ4n) is 4.85. The summed E-state index contributed by atoms with van der Waals surface area (Å²) in [4.78, 5) is 34.9. The van der Waals surface area contributed by atoms with Crippen LogP contribution in [-0.4, -0.2) is 26.2 Å². The number of imidazole rings is 1. The van der Waals surface area contributed by atoms with Crippen molar-refractivity contribution in [2.75, 3.05) is 5.32 Å². The van der Waals surface area contributed by atoms with E-state index in [1.807, 2.05) is 6.07 Å². The normalized spacial score (nSPS) is 14.3. The van der Waals surface area contributed by atoms with Crippen molar-refractivity contribution in [2.24, 2.45) is 0 Å². The SMILES string of the molecule is N#Cc1cnc2cnc(-c3cc(NC(=O)c4cc(F)cc(C(F)(F)F)c4)c4c(c3)C(=O)N[C@@H]4c3cc(F)ccc3Cl)cn12. The third-order valence-corrected chi connectivity index (χ3v) is 7.14. The molecule has 0 saturated carbocycles.